The van der Waals surface area contributed by atoms with Crippen LogP contribution in [-0.4, -0.2) is 48.1 Å². The molecule has 0 unspecified atom stereocenters. The molecule has 1 aromatic carbocycles. The Labute approximate surface area is 160 Å². The van der Waals surface area contributed by atoms with Crippen molar-refractivity contribution in [3.8, 4) is 11.5 Å². The van der Waals surface area contributed by atoms with Gasteiger partial charge in [-0.2, -0.15) is 0 Å². The van der Waals surface area contributed by atoms with Crippen LogP contribution in [-0.2, 0) is 16.1 Å². The summed E-state index contributed by atoms with van der Waals surface area (Å²) in [6, 6.07) is 7.59. The maximum Gasteiger partial charge on any atom is 0.189 e. The molecular weight excluding hydrogens is 364 g/mol. The van der Waals surface area contributed by atoms with Crippen molar-refractivity contribution in [2.45, 2.75) is 58.0 Å². The molecule has 0 aliphatic rings. The Balaban J connectivity index is 2.46. The lowest BCUT2D eigenvalue weighted by molar-refractivity contribution is 0.00564. The van der Waals surface area contributed by atoms with Gasteiger partial charge in [0.25, 0.3) is 0 Å². The number of rotatable bonds is 13. The lowest BCUT2D eigenvalue weighted by Gasteiger charge is -2.17. The van der Waals surface area contributed by atoms with Gasteiger partial charge in [-0.15, -0.1) is 0 Å². The Morgan fingerprint density at radius 1 is 0.769 bits per heavy atom. The van der Waals surface area contributed by atoms with Gasteiger partial charge in [0.05, 0.1) is 6.61 Å². The highest BCUT2D eigenvalue weighted by Crippen LogP contribution is 2.28. The van der Waals surface area contributed by atoms with Gasteiger partial charge in [-0.25, -0.2) is 0 Å². The van der Waals surface area contributed by atoms with E-state index < -0.39 is 16.1 Å². The molecule has 0 atom stereocenters. The zero-order valence-corrected chi connectivity index (χ0v) is 19.3. The van der Waals surface area contributed by atoms with Crippen LogP contribution in [0.5, 0.6) is 11.5 Å². The SMILES string of the molecule is C[Si](C)(C)CCOCOc1ccc(CO)cc1OCOCC[Si](C)(C)C. The van der Waals surface area contributed by atoms with Crippen LogP contribution in [0.2, 0.25) is 51.4 Å². The monoisotopic (exact) mass is 400 g/mol. The molecule has 0 saturated heterocycles. The third-order valence-electron chi connectivity index (χ3n) is 3.78. The summed E-state index contributed by atoms with van der Waals surface area (Å²) < 4.78 is 22.6. The van der Waals surface area contributed by atoms with Gasteiger partial charge < -0.3 is 24.1 Å². The van der Waals surface area contributed by atoms with E-state index in [-0.39, 0.29) is 20.2 Å². The summed E-state index contributed by atoms with van der Waals surface area (Å²) in [7, 11) is -2.20. The minimum atomic E-state index is -1.10. The average molecular weight is 401 g/mol. The third kappa shape index (κ3) is 11.0. The van der Waals surface area contributed by atoms with Crippen LogP contribution in [0.3, 0.4) is 0 Å². The highest BCUT2D eigenvalue weighted by Gasteiger charge is 2.13. The van der Waals surface area contributed by atoms with E-state index in [1.165, 1.54) is 0 Å². The molecule has 0 saturated carbocycles. The summed E-state index contributed by atoms with van der Waals surface area (Å²) in [6.07, 6.45) is 0. The summed E-state index contributed by atoms with van der Waals surface area (Å²) in [5.74, 6) is 1.17. The minimum Gasteiger partial charge on any atom is -0.464 e. The standard InChI is InChI=1S/C19H36O5Si2/c1-25(2,3)11-9-21-15-23-18-8-7-17(14-20)13-19(18)24-16-22-10-12-26(4,5)6/h7-8,13,20H,9-12,14-16H2,1-6H3. The summed E-state index contributed by atoms with van der Waals surface area (Å²) in [6.45, 7) is 15.6. The van der Waals surface area contributed by atoms with Crippen molar-refractivity contribution in [3.05, 3.63) is 23.8 Å². The fraction of sp³-hybridized carbons (Fsp3) is 0.684. The van der Waals surface area contributed by atoms with Crippen molar-refractivity contribution in [2.24, 2.45) is 0 Å². The molecule has 0 aromatic heterocycles. The molecule has 26 heavy (non-hydrogen) atoms. The molecule has 0 heterocycles. The van der Waals surface area contributed by atoms with Gasteiger partial charge in [0.1, 0.15) is 0 Å². The largest absolute Gasteiger partial charge is 0.464 e. The molecule has 1 rings (SSSR count). The fourth-order valence-corrected chi connectivity index (χ4v) is 3.48. The van der Waals surface area contributed by atoms with E-state index in [0.29, 0.717) is 24.7 Å². The first-order chi connectivity index (χ1) is 12.1. The number of aliphatic hydroxyl groups excluding tert-OH is 1. The van der Waals surface area contributed by atoms with Crippen molar-refractivity contribution in [1.82, 2.24) is 0 Å². The number of hydrogen-bond acceptors (Lipinski definition) is 5. The van der Waals surface area contributed by atoms with E-state index in [0.717, 1.165) is 17.7 Å². The predicted octanol–water partition coefficient (Wildman–Crippen LogP) is 4.56. The number of benzene rings is 1. The molecule has 0 aliphatic heterocycles. The van der Waals surface area contributed by atoms with Crippen LogP contribution in [0.15, 0.2) is 18.2 Å². The van der Waals surface area contributed by atoms with Crippen LogP contribution in [0.1, 0.15) is 5.56 Å². The molecule has 0 radical (unpaired) electrons. The summed E-state index contributed by atoms with van der Waals surface area (Å²) in [5, 5.41) is 9.33. The summed E-state index contributed by atoms with van der Waals surface area (Å²) in [5.41, 5.74) is 0.772. The van der Waals surface area contributed by atoms with Crippen molar-refractivity contribution in [1.29, 1.82) is 0 Å². The molecule has 7 heteroatoms. The zero-order chi connectivity index (χ0) is 19.6. The van der Waals surface area contributed by atoms with Crippen molar-refractivity contribution < 1.29 is 24.1 Å². The van der Waals surface area contributed by atoms with Gasteiger partial charge in [-0.1, -0.05) is 45.3 Å². The second-order valence-corrected chi connectivity index (χ2v) is 20.1. The first-order valence-electron chi connectivity index (χ1n) is 9.26. The first-order valence-corrected chi connectivity index (χ1v) is 16.7. The highest BCUT2D eigenvalue weighted by molar-refractivity contribution is 6.76. The van der Waals surface area contributed by atoms with Crippen LogP contribution >= 0.6 is 0 Å². The number of hydrogen-bond donors (Lipinski definition) is 1. The lowest BCUT2D eigenvalue weighted by atomic mass is 10.2. The molecule has 0 bridgehead atoms. The number of ether oxygens (including phenoxy) is 4. The smallest absolute Gasteiger partial charge is 0.189 e. The Kier molecular flexibility index (Phi) is 9.88. The molecule has 5 nitrogen and oxygen atoms in total. The van der Waals surface area contributed by atoms with Gasteiger partial charge in [-0.3, -0.25) is 0 Å². The lowest BCUT2D eigenvalue weighted by Crippen LogP contribution is -2.22. The van der Waals surface area contributed by atoms with Crippen LogP contribution in [0.25, 0.3) is 0 Å². The molecule has 1 N–H and O–H groups in total. The third-order valence-corrected chi connectivity index (χ3v) is 7.19. The predicted molar refractivity (Wildman–Crippen MR) is 112 cm³/mol. The molecular formula is C19H36O5Si2. The van der Waals surface area contributed by atoms with E-state index in [2.05, 4.69) is 39.3 Å². The second kappa shape index (κ2) is 11.1. The molecule has 150 valence electrons. The van der Waals surface area contributed by atoms with Gasteiger partial charge in [0.2, 0.25) is 0 Å². The Bertz CT molecular complexity index is 524. The van der Waals surface area contributed by atoms with Crippen molar-refractivity contribution in [2.75, 3.05) is 26.8 Å². The second-order valence-electron chi connectivity index (χ2n) is 8.90. The maximum atomic E-state index is 9.33. The Morgan fingerprint density at radius 2 is 1.27 bits per heavy atom. The molecule has 1 aromatic rings. The summed E-state index contributed by atoms with van der Waals surface area (Å²) in [4.78, 5) is 0. The Morgan fingerprint density at radius 3 is 1.73 bits per heavy atom. The Hall–Kier alpha value is -0.866. The van der Waals surface area contributed by atoms with E-state index in [9.17, 15) is 5.11 Å². The van der Waals surface area contributed by atoms with E-state index >= 15 is 0 Å². The van der Waals surface area contributed by atoms with E-state index in [4.69, 9.17) is 18.9 Å². The number of aliphatic hydroxyl groups is 1. The average Bonchev–Trinajstić information content (AvgIpc) is 2.53. The quantitative estimate of drug-likeness (QED) is 0.299. The first kappa shape index (κ1) is 23.2. The maximum absolute atomic E-state index is 9.33. The van der Waals surface area contributed by atoms with Gasteiger partial charge >= 0.3 is 0 Å². The van der Waals surface area contributed by atoms with Crippen molar-refractivity contribution >= 4 is 16.1 Å². The topological polar surface area (TPSA) is 57.2 Å². The zero-order valence-electron chi connectivity index (χ0n) is 17.3. The molecule has 0 spiro atoms. The normalized spacial score (nSPS) is 12.3. The minimum absolute atomic E-state index is 0.0418. The molecule has 0 fully saturated rings. The van der Waals surface area contributed by atoms with Gasteiger partial charge in [-0.05, 0) is 29.8 Å². The van der Waals surface area contributed by atoms with Gasteiger partial charge in [0, 0.05) is 29.4 Å². The molecule has 0 aliphatic carbocycles. The van der Waals surface area contributed by atoms with E-state index in [1.807, 2.05) is 6.07 Å². The summed E-state index contributed by atoms with van der Waals surface area (Å²) >= 11 is 0. The van der Waals surface area contributed by atoms with Gasteiger partial charge in [0.15, 0.2) is 25.1 Å². The fourth-order valence-electron chi connectivity index (χ4n) is 1.97. The highest BCUT2D eigenvalue weighted by atomic mass is 28.3. The van der Waals surface area contributed by atoms with Crippen LogP contribution < -0.4 is 9.47 Å². The molecule has 0 amide bonds. The van der Waals surface area contributed by atoms with Crippen LogP contribution in [0, 0.1) is 0 Å². The van der Waals surface area contributed by atoms with Crippen molar-refractivity contribution in [3.63, 3.8) is 0 Å². The van der Waals surface area contributed by atoms with Crippen LogP contribution in [0.4, 0.5) is 0 Å². The van der Waals surface area contributed by atoms with E-state index in [1.54, 1.807) is 12.1 Å².